The van der Waals surface area contributed by atoms with Crippen molar-refractivity contribution in [1.82, 2.24) is 9.97 Å². The Kier molecular flexibility index (Phi) is 7.39. The fourth-order valence-corrected chi connectivity index (χ4v) is 3.59. The molecule has 2 aromatic carbocycles. The molecule has 0 radical (unpaired) electrons. The zero-order valence-electron chi connectivity index (χ0n) is 17.3. The Morgan fingerprint density at radius 1 is 1.24 bits per heavy atom. The van der Waals surface area contributed by atoms with Crippen LogP contribution in [-0.2, 0) is 15.1 Å². The maximum atomic E-state index is 12.6. The highest BCUT2D eigenvalue weighted by Crippen LogP contribution is 2.40. The van der Waals surface area contributed by atoms with Gasteiger partial charge in [0.2, 0.25) is 0 Å². The lowest BCUT2D eigenvalue weighted by Crippen LogP contribution is -2.27. The Morgan fingerprint density at radius 3 is 2.58 bits per heavy atom. The molecule has 3 aromatic rings. The van der Waals surface area contributed by atoms with Crippen LogP contribution in [0.1, 0.15) is 16.7 Å². The van der Waals surface area contributed by atoms with E-state index in [-0.39, 0.29) is 30.0 Å². The number of hydrogen-bond donors (Lipinski definition) is 2. The number of aromatic nitrogens is 2. The van der Waals surface area contributed by atoms with Crippen LogP contribution >= 0.6 is 11.6 Å². The predicted molar refractivity (Wildman–Crippen MR) is 117 cm³/mol. The summed E-state index contributed by atoms with van der Waals surface area (Å²) in [6.07, 6.45) is 3.07. The van der Waals surface area contributed by atoms with Gasteiger partial charge < -0.3 is 20.3 Å². The number of nitrogens with zero attached hydrogens (tertiary/aromatic N) is 3. The molecule has 8 nitrogen and oxygen atoms in total. The number of rotatable bonds is 5. The molecule has 33 heavy (non-hydrogen) atoms. The number of alkyl halides is 2. The summed E-state index contributed by atoms with van der Waals surface area (Å²) in [6.45, 7) is -1.30. The average molecular weight is 477 g/mol. The molecule has 172 valence electrons. The molecule has 0 aliphatic carbocycles. The number of aliphatic imine (C=N–C) groups is 1. The number of ether oxygens (including phenoxy) is 2. The van der Waals surface area contributed by atoms with Gasteiger partial charge in [0.1, 0.15) is 17.5 Å². The third kappa shape index (κ3) is 5.35. The standard InChI is InChI=1S/C21H17ClF2N4O2.CH2O2/c1-12-7-15(5-6-17(12)30-19(23)24)21(11-29-20(25)28-21)14-4-2-3-13(8-14)16-9-26-10-18(22)27-16;2-1-3/h2-10,19H,11H2,1H3,(H2,25,28);1H,(H,2,3). The van der Waals surface area contributed by atoms with E-state index in [0.717, 1.165) is 16.7 Å². The lowest BCUT2D eigenvalue weighted by atomic mass is 9.83. The van der Waals surface area contributed by atoms with E-state index in [0.29, 0.717) is 11.3 Å². The number of halogens is 3. The molecule has 1 unspecified atom stereocenters. The number of carbonyl (C=O) groups is 1. The lowest BCUT2D eigenvalue weighted by Gasteiger charge is -2.26. The molecule has 1 aromatic heterocycles. The van der Waals surface area contributed by atoms with Gasteiger partial charge >= 0.3 is 6.61 Å². The van der Waals surface area contributed by atoms with Gasteiger partial charge in [0.25, 0.3) is 12.5 Å². The summed E-state index contributed by atoms with van der Waals surface area (Å²) in [5, 5.41) is 7.17. The van der Waals surface area contributed by atoms with Crippen molar-refractivity contribution in [2.75, 3.05) is 6.61 Å². The number of amidine groups is 1. The fourth-order valence-electron chi connectivity index (χ4n) is 3.45. The predicted octanol–water partition coefficient (Wildman–Crippen LogP) is 4.00. The van der Waals surface area contributed by atoms with Gasteiger partial charge in [-0.05, 0) is 41.8 Å². The molecule has 0 amide bonds. The van der Waals surface area contributed by atoms with Gasteiger partial charge in [0.15, 0.2) is 5.54 Å². The van der Waals surface area contributed by atoms with Crippen molar-refractivity contribution in [2.24, 2.45) is 10.7 Å². The normalized spacial score (nSPS) is 16.9. The monoisotopic (exact) mass is 476 g/mol. The first-order valence-corrected chi connectivity index (χ1v) is 9.87. The quantitative estimate of drug-likeness (QED) is 0.534. The highest BCUT2D eigenvalue weighted by atomic mass is 35.5. The number of benzene rings is 2. The molecule has 3 N–H and O–H groups in total. The van der Waals surface area contributed by atoms with Crippen molar-refractivity contribution in [3.05, 3.63) is 76.7 Å². The van der Waals surface area contributed by atoms with Crippen molar-refractivity contribution in [1.29, 1.82) is 0 Å². The summed E-state index contributed by atoms with van der Waals surface area (Å²) in [4.78, 5) is 21.3. The molecule has 0 spiro atoms. The highest BCUT2D eigenvalue weighted by Gasteiger charge is 2.40. The SMILES string of the molecule is Cc1cc(C2(c3cccc(-c4cncc(Cl)n4)c3)COC(N)=N2)ccc1OC(F)F.O=CO. The smallest absolute Gasteiger partial charge is 0.387 e. The van der Waals surface area contributed by atoms with E-state index in [2.05, 4.69) is 19.7 Å². The van der Waals surface area contributed by atoms with Crippen LogP contribution in [0.5, 0.6) is 5.75 Å². The average Bonchev–Trinajstić information content (AvgIpc) is 3.18. The summed E-state index contributed by atoms with van der Waals surface area (Å²) in [6, 6.07) is 12.5. The number of nitrogens with two attached hydrogens (primary N) is 1. The van der Waals surface area contributed by atoms with Crippen molar-refractivity contribution in [3.63, 3.8) is 0 Å². The van der Waals surface area contributed by atoms with Crippen molar-refractivity contribution < 1.29 is 28.2 Å². The van der Waals surface area contributed by atoms with Crippen LogP contribution in [0.4, 0.5) is 8.78 Å². The van der Waals surface area contributed by atoms with Gasteiger partial charge in [-0.2, -0.15) is 8.78 Å². The van der Waals surface area contributed by atoms with Crippen LogP contribution in [-0.4, -0.2) is 40.8 Å². The van der Waals surface area contributed by atoms with E-state index >= 15 is 0 Å². The van der Waals surface area contributed by atoms with Crippen LogP contribution < -0.4 is 10.5 Å². The minimum absolute atomic E-state index is 0.0495. The summed E-state index contributed by atoms with van der Waals surface area (Å²) in [7, 11) is 0. The molecular formula is C22H19ClF2N4O4. The highest BCUT2D eigenvalue weighted by molar-refractivity contribution is 6.29. The maximum absolute atomic E-state index is 12.6. The topological polar surface area (TPSA) is 120 Å². The van der Waals surface area contributed by atoms with Crippen LogP contribution in [0.25, 0.3) is 11.3 Å². The lowest BCUT2D eigenvalue weighted by molar-refractivity contribution is -0.122. The van der Waals surface area contributed by atoms with Crippen molar-refractivity contribution in [3.8, 4) is 17.0 Å². The minimum atomic E-state index is -2.90. The van der Waals surface area contributed by atoms with Gasteiger partial charge in [-0.25, -0.2) is 9.98 Å². The molecule has 0 fully saturated rings. The minimum Gasteiger partial charge on any atom is -0.483 e. The van der Waals surface area contributed by atoms with Crippen LogP contribution in [0.2, 0.25) is 5.15 Å². The summed E-state index contributed by atoms with van der Waals surface area (Å²) in [5.41, 5.74) is 8.37. The second-order valence-electron chi connectivity index (χ2n) is 6.87. The molecule has 11 heteroatoms. The van der Waals surface area contributed by atoms with Gasteiger partial charge in [0.05, 0.1) is 18.1 Å². The van der Waals surface area contributed by atoms with E-state index in [1.165, 1.54) is 12.3 Å². The Labute approximate surface area is 192 Å². The first-order valence-electron chi connectivity index (χ1n) is 9.49. The van der Waals surface area contributed by atoms with E-state index in [4.69, 9.17) is 32.0 Å². The van der Waals surface area contributed by atoms with Crippen molar-refractivity contribution in [2.45, 2.75) is 19.1 Å². The molecular weight excluding hydrogens is 458 g/mol. The largest absolute Gasteiger partial charge is 0.483 e. The Hall–Kier alpha value is -3.79. The Morgan fingerprint density at radius 2 is 1.97 bits per heavy atom. The molecule has 0 bridgehead atoms. The van der Waals surface area contributed by atoms with Crippen molar-refractivity contribution >= 4 is 24.1 Å². The zero-order chi connectivity index (χ0) is 24.0. The zero-order valence-corrected chi connectivity index (χ0v) is 18.0. The third-order valence-electron chi connectivity index (χ3n) is 4.84. The fraction of sp³-hybridized carbons (Fsp3) is 0.182. The van der Waals surface area contributed by atoms with E-state index in [9.17, 15) is 8.78 Å². The first-order chi connectivity index (χ1) is 15.8. The van der Waals surface area contributed by atoms with Gasteiger partial charge in [-0.3, -0.25) is 9.78 Å². The molecule has 0 saturated heterocycles. The molecule has 1 aliphatic heterocycles. The summed E-state index contributed by atoms with van der Waals surface area (Å²) >= 11 is 5.97. The van der Waals surface area contributed by atoms with Gasteiger partial charge in [-0.1, -0.05) is 35.9 Å². The van der Waals surface area contributed by atoms with E-state index < -0.39 is 12.2 Å². The van der Waals surface area contributed by atoms with E-state index in [1.807, 2.05) is 24.3 Å². The van der Waals surface area contributed by atoms with Gasteiger partial charge in [0, 0.05) is 5.56 Å². The molecule has 2 heterocycles. The number of carboxylic acid groups (broad SMARTS) is 1. The molecule has 1 aliphatic rings. The van der Waals surface area contributed by atoms with Crippen LogP contribution in [0.15, 0.2) is 59.9 Å². The van der Waals surface area contributed by atoms with Gasteiger partial charge in [-0.15, -0.1) is 0 Å². The number of hydrogen-bond acceptors (Lipinski definition) is 7. The van der Waals surface area contributed by atoms with Crippen LogP contribution in [0.3, 0.4) is 0 Å². The molecule has 0 saturated carbocycles. The first kappa shape index (κ1) is 23.9. The third-order valence-corrected chi connectivity index (χ3v) is 5.02. The second kappa shape index (κ2) is 10.2. The summed E-state index contributed by atoms with van der Waals surface area (Å²) < 4.78 is 35.3. The molecule has 1 atom stereocenters. The Bertz CT molecular complexity index is 1180. The van der Waals surface area contributed by atoms with E-state index in [1.54, 1.807) is 25.3 Å². The Balaban J connectivity index is 0.000000968. The summed E-state index contributed by atoms with van der Waals surface area (Å²) in [5.74, 6) is 0.0997. The maximum Gasteiger partial charge on any atom is 0.387 e. The van der Waals surface area contributed by atoms with Crippen LogP contribution in [0, 0.1) is 6.92 Å². The second-order valence-corrected chi connectivity index (χ2v) is 7.26. The number of aryl methyl sites for hydroxylation is 1. The molecule has 4 rings (SSSR count).